The van der Waals surface area contributed by atoms with E-state index in [0.29, 0.717) is 11.2 Å². The van der Waals surface area contributed by atoms with E-state index < -0.39 is 0 Å². The van der Waals surface area contributed by atoms with Crippen molar-refractivity contribution in [3.05, 3.63) is 45.7 Å². The van der Waals surface area contributed by atoms with Crippen molar-refractivity contribution in [2.24, 2.45) is 0 Å². The molecule has 1 aromatic heterocycles. The van der Waals surface area contributed by atoms with Gasteiger partial charge in [-0.3, -0.25) is 14.8 Å². The van der Waals surface area contributed by atoms with E-state index in [1.165, 1.54) is 11.3 Å². The molecule has 1 aliphatic carbocycles. The molecule has 0 fully saturated rings. The first kappa shape index (κ1) is 10.5. The normalized spacial score (nSPS) is 14.7. The topological polar surface area (TPSA) is 45.9 Å². The van der Waals surface area contributed by atoms with Gasteiger partial charge in [0.25, 0.3) is 0 Å². The third-order valence-corrected chi connectivity index (χ3v) is 4.06. The first-order chi connectivity index (χ1) is 8.27. The number of para-hydroxylation sites is 1. The minimum atomic E-state index is 0.194. The number of Topliss-reactive ketones (excluding diaryl/α,β-unsaturated/α-hetero) is 1. The summed E-state index contributed by atoms with van der Waals surface area (Å²) in [5.74, 6) is 0.194. The molecule has 3 nitrogen and oxygen atoms in total. The highest BCUT2D eigenvalue weighted by Crippen LogP contribution is 2.25. The third-order valence-electron chi connectivity index (χ3n) is 3.02. The fraction of sp³-hybridized carbons (Fsp3) is 0.231. The molecule has 0 saturated carbocycles. The standard InChI is InChI=1S/C13H12N2OS/c14-13-15(9-5-2-1-3-6-9)10-7-4-8-11(16)12(10)17-13/h1-3,5-6,14H,4,7-8H2. The monoisotopic (exact) mass is 244 g/mol. The van der Waals surface area contributed by atoms with E-state index >= 15 is 0 Å². The van der Waals surface area contributed by atoms with Crippen molar-refractivity contribution in [2.75, 3.05) is 0 Å². The molecule has 4 heteroatoms. The van der Waals surface area contributed by atoms with Crippen LogP contribution in [0.15, 0.2) is 30.3 Å². The number of thiazole rings is 1. The molecule has 86 valence electrons. The van der Waals surface area contributed by atoms with Crippen LogP contribution in [0.1, 0.15) is 28.2 Å². The number of carbonyl (C=O) groups excluding carboxylic acids is 1. The summed E-state index contributed by atoms with van der Waals surface area (Å²) in [7, 11) is 0. The molecule has 0 aliphatic heterocycles. The zero-order chi connectivity index (χ0) is 11.8. The van der Waals surface area contributed by atoms with E-state index in [1.807, 2.05) is 34.9 Å². The number of benzene rings is 1. The lowest BCUT2D eigenvalue weighted by Gasteiger charge is -2.13. The van der Waals surface area contributed by atoms with Gasteiger partial charge in [0.15, 0.2) is 10.6 Å². The Balaban J connectivity index is 2.25. The van der Waals surface area contributed by atoms with E-state index in [2.05, 4.69) is 0 Å². The van der Waals surface area contributed by atoms with Crippen molar-refractivity contribution >= 4 is 17.1 Å². The fourth-order valence-corrected chi connectivity index (χ4v) is 3.28. The van der Waals surface area contributed by atoms with Crippen molar-refractivity contribution < 1.29 is 4.79 Å². The Hall–Kier alpha value is -1.68. The van der Waals surface area contributed by atoms with Gasteiger partial charge in [0.05, 0.1) is 4.88 Å². The van der Waals surface area contributed by atoms with Gasteiger partial charge in [-0.15, -0.1) is 0 Å². The molecule has 0 spiro atoms. The van der Waals surface area contributed by atoms with Crippen molar-refractivity contribution in [3.63, 3.8) is 0 Å². The maximum absolute atomic E-state index is 11.8. The van der Waals surface area contributed by atoms with Crippen LogP contribution in [0.25, 0.3) is 5.69 Å². The molecule has 1 aromatic carbocycles. The van der Waals surface area contributed by atoms with Crippen LogP contribution in [0.2, 0.25) is 0 Å². The Kier molecular flexibility index (Phi) is 2.44. The van der Waals surface area contributed by atoms with Crippen LogP contribution in [-0.4, -0.2) is 10.4 Å². The zero-order valence-electron chi connectivity index (χ0n) is 9.27. The predicted molar refractivity (Wildman–Crippen MR) is 66.8 cm³/mol. The smallest absolute Gasteiger partial charge is 0.187 e. The van der Waals surface area contributed by atoms with E-state index in [9.17, 15) is 4.79 Å². The molecule has 0 atom stereocenters. The van der Waals surface area contributed by atoms with Gasteiger partial charge in [0, 0.05) is 17.8 Å². The van der Waals surface area contributed by atoms with Gasteiger partial charge in [-0.05, 0) is 25.0 Å². The lowest BCUT2D eigenvalue weighted by Crippen LogP contribution is -2.16. The van der Waals surface area contributed by atoms with Crippen LogP contribution in [0.5, 0.6) is 0 Å². The van der Waals surface area contributed by atoms with Crippen LogP contribution < -0.4 is 4.80 Å². The summed E-state index contributed by atoms with van der Waals surface area (Å²) in [6.07, 6.45) is 2.42. The molecule has 0 radical (unpaired) electrons. The zero-order valence-corrected chi connectivity index (χ0v) is 10.1. The molecule has 17 heavy (non-hydrogen) atoms. The molecule has 0 saturated heterocycles. The largest absolute Gasteiger partial charge is 0.293 e. The van der Waals surface area contributed by atoms with Crippen molar-refractivity contribution in [2.45, 2.75) is 19.3 Å². The predicted octanol–water partition coefficient (Wildman–Crippen LogP) is 2.54. The Labute approximate surface area is 103 Å². The summed E-state index contributed by atoms with van der Waals surface area (Å²) in [5, 5.41) is 8.02. The van der Waals surface area contributed by atoms with Gasteiger partial charge in [-0.2, -0.15) is 0 Å². The second-order valence-corrected chi connectivity index (χ2v) is 5.13. The lowest BCUT2D eigenvalue weighted by atomic mass is 10.0. The molecule has 1 aliphatic rings. The molecule has 1 heterocycles. The maximum atomic E-state index is 11.8. The minimum absolute atomic E-state index is 0.194. The van der Waals surface area contributed by atoms with Crippen molar-refractivity contribution in [1.29, 1.82) is 5.41 Å². The van der Waals surface area contributed by atoms with E-state index in [4.69, 9.17) is 5.41 Å². The second-order valence-electron chi connectivity index (χ2n) is 4.13. The number of hydrogen-bond donors (Lipinski definition) is 1. The summed E-state index contributed by atoms with van der Waals surface area (Å²) in [6, 6.07) is 9.82. The molecular weight excluding hydrogens is 232 g/mol. The van der Waals surface area contributed by atoms with Crippen LogP contribution in [-0.2, 0) is 6.42 Å². The molecule has 0 amide bonds. The Morgan fingerprint density at radius 2 is 1.94 bits per heavy atom. The average molecular weight is 244 g/mol. The number of nitrogens with zero attached hydrogens (tertiary/aromatic N) is 1. The van der Waals surface area contributed by atoms with E-state index in [1.54, 1.807) is 0 Å². The van der Waals surface area contributed by atoms with Gasteiger partial charge in [-0.1, -0.05) is 29.5 Å². The number of aromatic nitrogens is 1. The Bertz CT molecular complexity index is 625. The summed E-state index contributed by atoms with van der Waals surface area (Å²) >= 11 is 1.30. The summed E-state index contributed by atoms with van der Waals surface area (Å²) in [5.41, 5.74) is 1.99. The number of nitrogens with one attached hydrogen (secondary N) is 1. The molecule has 2 aromatic rings. The molecular formula is C13H12N2OS. The van der Waals surface area contributed by atoms with Gasteiger partial charge >= 0.3 is 0 Å². The van der Waals surface area contributed by atoms with Crippen LogP contribution >= 0.6 is 11.3 Å². The van der Waals surface area contributed by atoms with Gasteiger partial charge in [0.2, 0.25) is 0 Å². The number of hydrogen-bond acceptors (Lipinski definition) is 3. The fourth-order valence-electron chi connectivity index (χ4n) is 2.25. The molecule has 3 rings (SSSR count). The lowest BCUT2D eigenvalue weighted by molar-refractivity contribution is 0.0976. The van der Waals surface area contributed by atoms with Crippen molar-refractivity contribution in [1.82, 2.24) is 4.57 Å². The van der Waals surface area contributed by atoms with Gasteiger partial charge < -0.3 is 0 Å². The summed E-state index contributed by atoms with van der Waals surface area (Å²) in [4.78, 5) is 13.0. The minimum Gasteiger partial charge on any atom is -0.293 e. The quantitative estimate of drug-likeness (QED) is 0.823. The van der Waals surface area contributed by atoms with Crippen LogP contribution in [0.4, 0.5) is 0 Å². The van der Waals surface area contributed by atoms with E-state index in [0.717, 1.165) is 29.1 Å². The number of rotatable bonds is 1. The average Bonchev–Trinajstić information content (AvgIpc) is 2.68. The molecule has 0 unspecified atom stereocenters. The SMILES string of the molecule is N=c1sc2c(n1-c1ccccc1)CCCC2=O. The Morgan fingerprint density at radius 1 is 1.18 bits per heavy atom. The first-order valence-corrected chi connectivity index (χ1v) is 6.47. The van der Waals surface area contributed by atoms with E-state index in [-0.39, 0.29) is 5.78 Å². The summed E-state index contributed by atoms with van der Waals surface area (Å²) in [6.45, 7) is 0. The van der Waals surface area contributed by atoms with Crippen molar-refractivity contribution in [3.8, 4) is 5.69 Å². The summed E-state index contributed by atoms with van der Waals surface area (Å²) < 4.78 is 1.90. The number of carbonyl (C=O) groups is 1. The first-order valence-electron chi connectivity index (χ1n) is 5.65. The van der Waals surface area contributed by atoms with Gasteiger partial charge in [0.1, 0.15) is 0 Å². The van der Waals surface area contributed by atoms with Crippen LogP contribution in [0, 0.1) is 5.41 Å². The highest BCUT2D eigenvalue weighted by Gasteiger charge is 2.23. The van der Waals surface area contributed by atoms with Crippen LogP contribution in [0.3, 0.4) is 0 Å². The maximum Gasteiger partial charge on any atom is 0.187 e. The van der Waals surface area contributed by atoms with Gasteiger partial charge in [-0.25, -0.2) is 0 Å². The number of ketones is 1. The molecule has 0 bridgehead atoms. The highest BCUT2D eigenvalue weighted by molar-refractivity contribution is 7.11. The third kappa shape index (κ3) is 1.65. The second kappa shape index (κ2) is 3.96. The highest BCUT2D eigenvalue weighted by atomic mass is 32.1. The number of fused-ring (bicyclic) bond motifs is 1. The molecule has 1 N–H and O–H groups in total. The Morgan fingerprint density at radius 3 is 2.71 bits per heavy atom.